The van der Waals surface area contributed by atoms with Gasteiger partial charge in [0.05, 0.1) is 17.4 Å². The average Bonchev–Trinajstić information content (AvgIpc) is 2.78. The van der Waals surface area contributed by atoms with Gasteiger partial charge in [0.25, 0.3) is 0 Å². The fraction of sp³-hybridized carbons (Fsp3) is 0.391. The highest BCUT2D eigenvalue weighted by atomic mass is 32.2. The highest BCUT2D eigenvalue weighted by molar-refractivity contribution is 7.89. The van der Waals surface area contributed by atoms with Crippen LogP contribution >= 0.6 is 0 Å². The number of hydrogen-bond acceptors (Lipinski definition) is 6. The van der Waals surface area contributed by atoms with Gasteiger partial charge in [-0.05, 0) is 63.1 Å². The fourth-order valence-electron chi connectivity index (χ4n) is 3.43. The molecule has 0 atom stereocenters. The van der Waals surface area contributed by atoms with E-state index in [1.807, 2.05) is 13.8 Å². The normalized spacial score (nSPS) is 15.4. The molecule has 2 aromatic carbocycles. The molecule has 7 nitrogen and oxygen atoms in total. The Morgan fingerprint density at radius 2 is 1.61 bits per heavy atom. The van der Waals surface area contributed by atoms with Gasteiger partial charge in [0, 0.05) is 18.7 Å². The zero-order valence-electron chi connectivity index (χ0n) is 17.7. The maximum atomic E-state index is 12.8. The largest absolute Gasteiger partial charge is 0.494 e. The van der Waals surface area contributed by atoms with E-state index >= 15 is 0 Å². The number of rotatable bonds is 8. The summed E-state index contributed by atoms with van der Waals surface area (Å²) in [5.74, 6) is -0.511. The van der Waals surface area contributed by atoms with Crippen LogP contribution in [0.15, 0.2) is 53.4 Å². The number of esters is 1. The van der Waals surface area contributed by atoms with Gasteiger partial charge < -0.3 is 9.47 Å². The minimum atomic E-state index is -3.58. The van der Waals surface area contributed by atoms with Gasteiger partial charge in [-0.15, -0.1) is 0 Å². The molecule has 0 unspecified atom stereocenters. The van der Waals surface area contributed by atoms with Gasteiger partial charge in [0.1, 0.15) is 5.75 Å². The third-order valence-corrected chi connectivity index (χ3v) is 7.19. The molecule has 31 heavy (non-hydrogen) atoms. The number of carbonyl (C=O) groups excluding carboxylic acids is 2. The highest BCUT2D eigenvalue weighted by Gasteiger charge is 2.33. The summed E-state index contributed by atoms with van der Waals surface area (Å²) < 4.78 is 37.5. The van der Waals surface area contributed by atoms with Gasteiger partial charge in [-0.1, -0.05) is 17.7 Å². The maximum Gasteiger partial charge on any atom is 0.309 e. The third kappa shape index (κ3) is 5.71. The summed E-state index contributed by atoms with van der Waals surface area (Å²) in [5, 5.41) is 0. The summed E-state index contributed by atoms with van der Waals surface area (Å²) in [6, 6.07) is 13.4. The molecular weight excluding hydrogens is 418 g/mol. The Morgan fingerprint density at radius 3 is 2.19 bits per heavy atom. The van der Waals surface area contributed by atoms with Crippen LogP contribution in [-0.2, 0) is 19.6 Å². The van der Waals surface area contributed by atoms with Gasteiger partial charge >= 0.3 is 5.97 Å². The van der Waals surface area contributed by atoms with Crippen molar-refractivity contribution < 1.29 is 27.5 Å². The van der Waals surface area contributed by atoms with E-state index in [1.54, 1.807) is 48.5 Å². The summed E-state index contributed by atoms with van der Waals surface area (Å²) in [7, 11) is -3.58. The molecule has 2 aromatic rings. The lowest BCUT2D eigenvalue weighted by molar-refractivity contribution is -0.148. The van der Waals surface area contributed by atoms with E-state index in [2.05, 4.69) is 0 Å². The van der Waals surface area contributed by atoms with Crippen molar-refractivity contribution in [2.24, 2.45) is 5.92 Å². The number of sulfonamides is 1. The number of ketones is 1. The molecule has 0 radical (unpaired) electrons. The maximum absolute atomic E-state index is 12.8. The minimum absolute atomic E-state index is 0.239. The molecule has 0 saturated carbocycles. The average molecular weight is 446 g/mol. The molecular formula is C23H27NO6S. The fourth-order valence-corrected chi connectivity index (χ4v) is 4.90. The Hall–Kier alpha value is -2.71. The summed E-state index contributed by atoms with van der Waals surface area (Å²) in [6.45, 7) is 4.45. The van der Waals surface area contributed by atoms with Crippen molar-refractivity contribution in [3.8, 4) is 5.75 Å². The Bertz CT molecular complexity index is 1010. The second-order valence-electron chi connectivity index (χ2n) is 7.48. The first-order valence-corrected chi connectivity index (χ1v) is 11.7. The van der Waals surface area contributed by atoms with Crippen LogP contribution in [-0.4, -0.2) is 50.8 Å². The number of hydrogen-bond donors (Lipinski definition) is 0. The van der Waals surface area contributed by atoms with E-state index in [9.17, 15) is 18.0 Å². The van der Waals surface area contributed by atoms with Gasteiger partial charge in [0.2, 0.25) is 10.0 Å². The standard InChI is InChI=1S/C23H27NO6S/c1-3-29-20-8-6-18(7-9-20)22(25)16-30-23(26)19-12-14-24(15-13-19)31(27,28)21-10-4-17(2)5-11-21/h4-11,19H,3,12-16H2,1-2H3. The predicted octanol–water partition coefficient (Wildman–Crippen LogP) is 3.22. The molecule has 0 amide bonds. The second-order valence-corrected chi connectivity index (χ2v) is 9.42. The van der Waals surface area contributed by atoms with Gasteiger partial charge in [-0.3, -0.25) is 9.59 Å². The Morgan fingerprint density at radius 1 is 1.00 bits per heavy atom. The summed E-state index contributed by atoms with van der Waals surface area (Å²) >= 11 is 0. The van der Waals surface area contributed by atoms with E-state index in [0.29, 0.717) is 30.8 Å². The predicted molar refractivity (Wildman–Crippen MR) is 116 cm³/mol. The first-order chi connectivity index (χ1) is 14.8. The zero-order chi connectivity index (χ0) is 22.4. The monoisotopic (exact) mass is 445 g/mol. The van der Waals surface area contributed by atoms with Crippen molar-refractivity contribution in [1.82, 2.24) is 4.31 Å². The minimum Gasteiger partial charge on any atom is -0.494 e. The van der Waals surface area contributed by atoms with Crippen molar-refractivity contribution in [2.75, 3.05) is 26.3 Å². The first-order valence-electron chi connectivity index (χ1n) is 10.3. The number of benzene rings is 2. The molecule has 3 rings (SSSR count). The Balaban J connectivity index is 1.49. The molecule has 0 aliphatic carbocycles. The molecule has 0 spiro atoms. The number of Topliss-reactive ketones (excluding diaryl/α,β-unsaturated/α-hetero) is 1. The Kier molecular flexibility index (Phi) is 7.46. The SMILES string of the molecule is CCOc1ccc(C(=O)COC(=O)C2CCN(S(=O)(=O)c3ccc(C)cc3)CC2)cc1. The highest BCUT2D eigenvalue weighted by Crippen LogP contribution is 2.25. The molecule has 1 aliphatic heterocycles. The molecule has 166 valence electrons. The van der Waals surface area contributed by atoms with Crippen LogP contribution in [0, 0.1) is 12.8 Å². The van der Waals surface area contributed by atoms with Crippen molar-refractivity contribution in [1.29, 1.82) is 0 Å². The van der Waals surface area contributed by atoms with E-state index in [0.717, 1.165) is 5.56 Å². The zero-order valence-corrected chi connectivity index (χ0v) is 18.6. The smallest absolute Gasteiger partial charge is 0.309 e. The van der Waals surface area contributed by atoms with Crippen LogP contribution in [0.5, 0.6) is 5.75 Å². The van der Waals surface area contributed by atoms with Crippen LogP contribution in [0.25, 0.3) is 0 Å². The van der Waals surface area contributed by atoms with Crippen LogP contribution < -0.4 is 4.74 Å². The van der Waals surface area contributed by atoms with Crippen molar-refractivity contribution in [2.45, 2.75) is 31.6 Å². The lowest BCUT2D eigenvalue weighted by Gasteiger charge is -2.30. The number of piperidine rings is 1. The molecule has 1 fully saturated rings. The van der Waals surface area contributed by atoms with Crippen molar-refractivity contribution in [3.05, 3.63) is 59.7 Å². The molecule has 1 heterocycles. The number of aryl methyl sites for hydroxylation is 1. The van der Waals surface area contributed by atoms with E-state index in [-0.39, 0.29) is 30.4 Å². The van der Waals surface area contributed by atoms with Gasteiger partial charge in [-0.2, -0.15) is 4.31 Å². The summed E-state index contributed by atoms with van der Waals surface area (Å²) in [6.07, 6.45) is 0.725. The topological polar surface area (TPSA) is 90.0 Å². The van der Waals surface area contributed by atoms with Crippen molar-refractivity contribution in [3.63, 3.8) is 0 Å². The number of nitrogens with zero attached hydrogens (tertiary/aromatic N) is 1. The van der Waals surface area contributed by atoms with E-state index in [4.69, 9.17) is 9.47 Å². The number of carbonyl (C=O) groups is 2. The summed E-state index contributed by atoms with van der Waals surface area (Å²) in [5.41, 5.74) is 1.43. The molecule has 1 saturated heterocycles. The van der Waals surface area contributed by atoms with Gasteiger partial charge in [-0.25, -0.2) is 8.42 Å². The van der Waals surface area contributed by atoms with Crippen molar-refractivity contribution >= 4 is 21.8 Å². The molecule has 0 bridgehead atoms. The van der Waals surface area contributed by atoms with E-state index in [1.165, 1.54) is 4.31 Å². The lowest BCUT2D eigenvalue weighted by Crippen LogP contribution is -2.40. The molecule has 1 aliphatic rings. The van der Waals surface area contributed by atoms with Crippen LogP contribution in [0.3, 0.4) is 0 Å². The molecule has 8 heteroatoms. The van der Waals surface area contributed by atoms with Gasteiger partial charge in [0.15, 0.2) is 12.4 Å². The molecule has 0 aromatic heterocycles. The van der Waals surface area contributed by atoms with Crippen LogP contribution in [0.1, 0.15) is 35.7 Å². The first kappa shape index (κ1) is 23.0. The Labute approximate surface area is 183 Å². The quantitative estimate of drug-likeness (QED) is 0.458. The van der Waals surface area contributed by atoms with E-state index < -0.39 is 21.9 Å². The van der Waals surface area contributed by atoms with Crippen LogP contribution in [0.2, 0.25) is 0 Å². The lowest BCUT2D eigenvalue weighted by atomic mass is 9.98. The number of ether oxygens (including phenoxy) is 2. The second kappa shape index (κ2) is 10.1. The third-order valence-electron chi connectivity index (χ3n) is 5.28. The van der Waals surface area contributed by atoms with Crippen LogP contribution in [0.4, 0.5) is 0 Å². The summed E-state index contributed by atoms with van der Waals surface area (Å²) in [4.78, 5) is 24.9. The molecule has 0 N–H and O–H groups in total.